The first kappa shape index (κ1) is 16.8. The zero-order valence-corrected chi connectivity index (χ0v) is 13.2. The van der Waals surface area contributed by atoms with Crippen molar-refractivity contribution in [2.24, 2.45) is 0 Å². The van der Waals surface area contributed by atoms with Crippen molar-refractivity contribution in [3.05, 3.63) is 63.2 Å². The van der Waals surface area contributed by atoms with E-state index in [1.165, 1.54) is 18.2 Å². The van der Waals surface area contributed by atoms with E-state index in [-0.39, 0.29) is 22.2 Å². The molecule has 0 amide bonds. The second-order valence-corrected chi connectivity index (χ2v) is 5.13. The highest BCUT2D eigenvalue weighted by Gasteiger charge is 2.19. The van der Waals surface area contributed by atoms with Crippen LogP contribution < -0.4 is 9.47 Å². The Morgan fingerprint density at radius 1 is 1.22 bits per heavy atom. The first-order valence-corrected chi connectivity index (χ1v) is 7.09. The van der Waals surface area contributed by atoms with Gasteiger partial charge in [0.05, 0.1) is 17.1 Å². The number of carbonyl (C=O) groups is 1. The van der Waals surface area contributed by atoms with Gasteiger partial charge in [0.2, 0.25) is 5.78 Å². The van der Waals surface area contributed by atoms with Gasteiger partial charge in [-0.2, -0.15) is 0 Å². The number of methoxy groups -OCH3 is 1. The molecule has 0 aliphatic carbocycles. The van der Waals surface area contributed by atoms with Gasteiger partial charge in [-0.15, -0.1) is 0 Å². The molecule has 0 bridgehead atoms. The SMILES string of the molecule is COc1ccc(C(=O)[C@@H](C)Oc2ccc([N+](=O)[O-])cc2Cl)cc1. The van der Waals surface area contributed by atoms with Crippen LogP contribution in [-0.2, 0) is 0 Å². The average molecular weight is 336 g/mol. The molecule has 7 heteroatoms. The Balaban J connectivity index is 2.12. The number of halogens is 1. The summed E-state index contributed by atoms with van der Waals surface area (Å²) in [5, 5.41) is 10.8. The Morgan fingerprint density at radius 3 is 2.39 bits per heavy atom. The van der Waals surface area contributed by atoms with Gasteiger partial charge < -0.3 is 9.47 Å². The second kappa shape index (κ2) is 7.11. The summed E-state index contributed by atoms with van der Waals surface area (Å²) in [7, 11) is 1.54. The van der Waals surface area contributed by atoms with E-state index in [0.717, 1.165) is 0 Å². The Bertz CT molecular complexity index is 730. The number of ketones is 1. The van der Waals surface area contributed by atoms with Crippen LogP contribution in [0.2, 0.25) is 5.02 Å². The highest BCUT2D eigenvalue weighted by atomic mass is 35.5. The van der Waals surface area contributed by atoms with E-state index in [1.54, 1.807) is 38.3 Å². The summed E-state index contributed by atoms with van der Waals surface area (Å²) in [6, 6.07) is 10.5. The van der Waals surface area contributed by atoms with E-state index in [1.807, 2.05) is 0 Å². The van der Waals surface area contributed by atoms with Gasteiger partial charge in [-0.3, -0.25) is 14.9 Å². The van der Waals surface area contributed by atoms with Crippen LogP contribution >= 0.6 is 11.6 Å². The molecular weight excluding hydrogens is 322 g/mol. The first-order chi connectivity index (χ1) is 10.9. The predicted octanol–water partition coefficient (Wildman–Crippen LogP) is 3.91. The topological polar surface area (TPSA) is 78.7 Å². The van der Waals surface area contributed by atoms with Gasteiger partial charge in [0.15, 0.2) is 6.10 Å². The molecule has 0 N–H and O–H groups in total. The van der Waals surface area contributed by atoms with E-state index < -0.39 is 11.0 Å². The molecule has 23 heavy (non-hydrogen) atoms. The molecule has 0 aliphatic rings. The Labute approximate surface area is 137 Å². The van der Waals surface area contributed by atoms with Crippen LogP contribution in [0, 0.1) is 10.1 Å². The Hall–Kier alpha value is -2.60. The fourth-order valence-electron chi connectivity index (χ4n) is 1.93. The molecule has 120 valence electrons. The van der Waals surface area contributed by atoms with E-state index >= 15 is 0 Å². The minimum atomic E-state index is -0.789. The molecule has 0 saturated carbocycles. The number of nitro benzene ring substituents is 1. The minimum Gasteiger partial charge on any atom is -0.497 e. The van der Waals surface area contributed by atoms with Crippen LogP contribution in [0.25, 0.3) is 0 Å². The van der Waals surface area contributed by atoms with Gasteiger partial charge in [-0.25, -0.2) is 0 Å². The molecule has 0 aromatic heterocycles. The number of hydrogen-bond acceptors (Lipinski definition) is 5. The van der Waals surface area contributed by atoms with E-state index in [4.69, 9.17) is 21.1 Å². The van der Waals surface area contributed by atoms with Gasteiger partial charge in [-0.05, 0) is 37.3 Å². The second-order valence-electron chi connectivity index (χ2n) is 4.72. The van der Waals surface area contributed by atoms with E-state index in [0.29, 0.717) is 11.3 Å². The molecule has 1 atom stereocenters. The first-order valence-electron chi connectivity index (χ1n) is 6.71. The monoisotopic (exact) mass is 335 g/mol. The van der Waals surface area contributed by atoms with Crippen molar-refractivity contribution < 1.29 is 19.2 Å². The molecule has 0 unspecified atom stereocenters. The molecule has 6 nitrogen and oxygen atoms in total. The Kier molecular flexibility index (Phi) is 5.18. The predicted molar refractivity (Wildman–Crippen MR) is 85.5 cm³/mol. The van der Waals surface area contributed by atoms with Gasteiger partial charge in [0, 0.05) is 17.7 Å². The summed E-state index contributed by atoms with van der Waals surface area (Å²) < 4.78 is 10.6. The molecule has 0 heterocycles. The van der Waals surface area contributed by atoms with Gasteiger partial charge >= 0.3 is 0 Å². The maximum absolute atomic E-state index is 12.3. The van der Waals surface area contributed by atoms with Gasteiger partial charge in [-0.1, -0.05) is 11.6 Å². The van der Waals surface area contributed by atoms with Crippen LogP contribution in [-0.4, -0.2) is 23.9 Å². The van der Waals surface area contributed by atoms with Crippen molar-refractivity contribution in [3.63, 3.8) is 0 Å². The summed E-state index contributed by atoms with van der Waals surface area (Å²) in [6.07, 6.45) is -0.789. The average Bonchev–Trinajstić information content (AvgIpc) is 2.55. The quantitative estimate of drug-likeness (QED) is 0.454. The molecule has 2 aromatic carbocycles. The van der Waals surface area contributed by atoms with Gasteiger partial charge in [0.25, 0.3) is 5.69 Å². The highest BCUT2D eigenvalue weighted by molar-refractivity contribution is 6.32. The summed E-state index contributed by atoms with van der Waals surface area (Å²) in [5.41, 5.74) is 0.327. The lowest BCUT2D eigenvalue weighted by atomic mass is 10.1. The number of rotatable bonds is 6. The highest BCUT2D eigenvalue weighted by Crippen LogP contribution is 2.29. The third kappa shape index (κ3) is 3.98. The number of non-ortho nitro benzene ring substituents is 1. The molecule has 0 spiro atoms. The molecule has 0 fully saturated rings. The van der Waals surface area contributed by atoms with Crippen molar-refractivity contribution in [1.82, 2.24) is 0 Å². The van der Waals surface area contributed by atoms with Crippen LogP contribution in [0.1, 0.15) is 17.3 Å². The number of ether oxygens (including phenoxy) is 2. The lowest BCUT2D eigenvalue weighted by Crippen LogP contribution is -2.24. The zero-order chi connectivity index (χ0) is 17.0. The standard InChI is InChI=1S/C16H14ClNO5/c1-10(16(19)11-3-6-13(22-2)7-4-11)23-15-8-5-12(18(20)21)9-14(15)17/h3-10H,1-2H3/t10-/m1/s1. The van der Waals surface area contributed by atoms with E-state index in [9.17, 15) is 14.9 Å². The Morgan fingerprint density at radius 2 is 1.87 bits per heavy atom. The molecule has 0 radical (unpaired) electrons. The molecule has 0 aliphatic heterocycles. The number of carbonyl (C=O) groups excluding carboxylic acids is 1. The molecule has 2 aromatic rings. The van der Waals surface area contributed by atoms with Crippen molar-refractivity contribution in [3.8, 4) is 11.5 Å². The zero-order valence-electron chi connectivity index (χ0n) is 12.5. The molecule has 0 saturated heterocycles. The smallest absolute Gasteiger partial charge is 0.271 e. The van der Waals surface area contributed by atoms with Crippen molar-refractivity contribution in [2.75, 3.05) is 7.11 Å². The van der Waals surface area contributed by atoms with Crippen molar-refractivity contribution in [2.45, 2.75) is 13.0 Å². The summed E-state index contributed by atoms with van der Waals surface area (Å²) in [6.45, 7) is 1.59. The summed E-state index contributed by atoms with van der Waals surface area (Å²) >= 11 is 5.95. The third-order valence-electron chi connectivity index (χ3n) is 3.17. The normalized spacial score (nSPS) is 11.6. The van der Waals surface area contributed by atoms with Crippen LogP contribution in [0.4, 0.5) is 5.69 Å². The molecule has 2 rings (SSSR count). The minimum absolute atomic E-state index is 0.0774. The summed E-state index contributed by atoms with van der Waals surface area (Å²) in [5.74, 6) is 0.627. The van der Waals surface area contributed by atoms with Crippen molar-refractivity contribution in [1.29, 1.82) is 0 Å². The van der Waals surface area contributed by atoms with Gasteiger partial charge in [0.1, 0.15) is 11.5 Å². The lowest BCUT2D eigenvalue weighted by molar-refractivity contribution is -0.384. The fraction of sp³-hybridized carbons (Fsp3) is 0.188. The van der Waals surface area contributed by atoms with Crippen LogP contribution in [0.5, 0.6) is 11.5 Å². The third-order valence-corrected chi connectivity index (χ3v) is 3.47. The largest absolute Gasteiger partial charge is 0.497 e. The number of nitro groups is 1. The maximum Gasteiger partial charge on any atom is 0.271 e. The van der Waals surface area contributed by atoms with E-state index in [2.05, 4.69) is 0 Å². The van der Waals surface area contributed by atoms with Crippen LogP contribution in [0.3, 0.4) is 0 Å². The summed E-state index contributed by atoms with van der Waals surface area (Å²) in [4.78, 5) is 22.4. The lowest BCUT2D eigenvalue weighted by Gasteiger charge is -2.15. The van der Waals surface area contributed by atoms with Crippen LogP contribution in [0.15, 0.2) is 42.5 Å². The number of nitrogens with zero attached hydrogens (tertiary/aromatic N) is 1. The fourth-order valence-corrected chi connectivity index (χ4v) is 2.15. The number of hydrogen-bond donors (Lipinski definition) is 0. The van der Waals surface area contributed by atoms with Crippen molar-refractivity contribution >= 4 is 23.1 Å². The number of Topliss-reactive ketones (excluding diaryl/α,β-unsaturated/α-hetero) is 1. The molecular formula is C16H14ClNO5. The number of benzene rings is 2. The maximum atomic E-state index is 12.3.